The van der Waals surface area contributed by atoms with Gasteiger partial charge in [-0.2, -0.15) is 0 Å². The van der Waals surface area contributed by atoms with E-state index >= 15 is 0 Å². The molecular formula is C22H19F3N2O3. The molecule has 0 aromatic heterocycles. The second kappa shape index (κ2) is 8.77. The predicted molar refractivity (Wildman–Crippen MR) is 108 cm³/mol. The van der Waals surface area contributed by atoms with Crippen LogP contribution >= 0.6 is 0 Å². The third-order valence-electron chi connectivity index (χ3n) is 4.32. The van der Waals surface area contributed by atoms with Gasteiger partial charge in [0.15, 0.2) is 0 Å². The molecule has 0 saturated heterocycles. The number of fused-ring (bicyclic) bond motifs is 1. The van der Waals surface area contributed by atoms with Crippen LogP contribution in [0.4, 0.5) is 13.2 Å². The highest BCUT2D eigenvalue weighted by atomic mass is 19.4. The average Bonchev–Trinajstić information content (AvgIpc) is 2.69. The minimum atomic E-state index is -4.80. The Balaban J connectivity index is 1.80. The summed E-state index contributed by atoms with van der Waals surface area (Å²) in [7, 11) is 0. The summed E-state index contributed by atoms with van der Waals surface area (Å²) in [5, 5.41) is 4.40. The molecule has 3 rings (SSSR count). The molecule has 0 fully saturated rings. The van der Waals surface area contributed by atoms with Crippen molar-refractivity contribution in [2.24, 2.45) is 5.73 Å². The van der Waals surface area contributed by atoms with Crippen LogP contribution in [0.25, 0.3) is 18.2 Å². The first-order valence-electron chi connectivity index (χ1n) is 8.93. The van der Waals surface area contributed by atoms with Crippen molar-refractivity contribution in [1.82, 2.24) is 5.32 Å². The van der Waals surface area contributed by atoms with Crippen LogP contribution in [0, 0.1) is 0 Å². The summed E-state index contributed by atoms with van der Waals surface area (Å²) < 4.78 is 46.7. The van der Waals surface area contributed by atoms with Crippen molar-refractivity contribution in [1.29, 1.82) is 0 Å². The molecule has 8 heteroatoms. The summed E-state index contributed by atoms with van der Waals surface area (Å²) in [6, 6.07) is 11.1. The Morgan fingerprint density at radius 3 is 2.73 bits per heavy atom. The molecule has 0 saturated carbocycles. The smallest absolute Gasteiger partial charge is 0.488 e. The van der Waals surface area contributed by atoms with E-state index in [-0.39, 0.29) is 18.7 Å². The molecule has 0 bridgehead atoms. The highest BCUT2D eigenvalue weighted by molar-refractivity contribution is 5.99. The summed E-state index contributed by atoms with van der Waals surface area (Å²) in [4.78, 5) is 12.6. The second-order valence-corrected chi connectivity index (χ2v) is 6.43. The van der Waals surface area contributed by atoms with Crippen molar-refractivity contribution in [3.63, 3.8) is 0 Å². The first-order chi connectivity index (χ1) is 14.3. The number of rotatable bonds is 5. The van der Waals surface area contributed by atoms with Gasteiger partial charge in [0.2, 0.25) is 0 Å². The lowest BCUT2D eigenvalue weighted by molar-refractivity contribution is -0.274. The van der Waals surface area contributed by atoms with Crippen molar-refractivity contribution in [2.45, 2.75) is 6.36 Å². The minimum absolute atomic E-state index is 0.00765. The maximum atomic E-state index is 12.6. The van der Waals surface area contributed by atoms with Crippen LogP contribution in [-0.2, 0) is 4.79 Å². The number of ether oxygens (including phenoxy) is 2. The monoisotopic (exact) mass is 416 g/mol. The molecule has 2 aromatic carbocycles. The third kappa shape index (κ3) is 5.22. The van der Waals surface area contributed by atoms with Gasteiger partial charge in [-0.3, -0.25) is 4.79 Å². The number of benzene rings is 2. The molecular weight excluding hydrogens is 397 g/mol. The zero-order valence-corrected chi connectivity index (χ0v) is 15.8. The first-order valence-corrected chi connectivity index (χ1v) is 8.93. The van der Waals surface area contributed by atoms with Crippen LogP contribution in [0.3, 0.4) is 0 Å². The highest BCUT2D eigenvalue weighted by Gasteiger charge is 2.31. The van der Waals surface area contributed by atoms with E-state index in [1.54, 1.807) is 6.08 Å². The van der Waals surface area contributed by atoms with Gasteiger partial charge in [0.25, 0.3) is 5.91 Å². The SMILES string of the molecule is C=c1cccc/c1=C(/C=C\N)CNC(=O)C1=Cc2cc(OC(F)(F)F)ccc2OC1. The first kappa shape index (κ1) is 21.0. The fraction of sp³-hybridized carbons (Fsp3) is 0.136. The van der Waals surface area contributed by atoms with E-state index in [0.717, 1.165) is 22.1 Å². The molecule has 1 aliphatic heterocycles. The van der Waals surface area contributed by atoms with Gasteiger partial charge in [-0.15, -0.1) is 13.2 Å². The number of amides is 1. The standard InChI is InChI=1S/C22H19F3N2O3/c1-14-4-2-3-5-19(14)15(8-9-26)12-27-21(28)17-10-16-11-18(30-22(23,24)25)6-7-20(16)29-13-17/h2-11H,1,12-13,26H2,(H,27,28)/b9-8-,19-15+. The molecule has 5 nitrogen and oxygen atoms in total. The zero-order valence-electron chi connectivity index (χ0n) is 15.8. The topological polar surface area (TPSA) is 73.6 Å². The number of alkyl halides is 3. The molecule has 0 aliphatic carbocycles. The van der Waals surface area contributed by atoms with Gasteiger partial charge in [0.05, 0.1) is 5.57 Å². The van der Waals surface area contributed by atoms with Crippen molar-refractivity contribution in [2.75, 3.05) is 13.2 Å². The summed E-state index contributed by atoms with van der Waals surface area (Å²) in [6.45, 7) is 4.14. The second-order valence-electron chi connectivity index (χ2n) is 6.43. The maximum absolute atomic E-state index is 12.6. The molecule has 0 unspecified atom stereocenters. The molecule has 0 atom stereocenters. The number of nitrogens with one attached hydrogen (secondary N) is 1. The molecule has 156 valence electrons. The van der Waals surface area contributed by atoms with E-state index in [9.17, 15) is 18.0 Å². The van der Waals surface area contributed by atoms with Gasteiger partial charge in [-0.05, 0) is 52.6 Å². The van der Waals surface area contributed by atoms with Gasteiger partial charge in [0.1, 0.15) is 18.1 Å². The van der Waals surface area contributed by atoms with Crippen LogP contribution in [0.2, 0.25) is 0 Å². The lowest BCUT2D eigenvalue weighted by Gasteiger charge is -2.19. The van der Waals surface area contributed by atoms with Gasteiger partial charge >= 0.3 is 6.36 Å². The maximum Gasteiger partial charge on any atom is 0.573 e. The molecule has 0 spiro atoms. The van der Waals surface area contributed by atoms with E-state index < -0.39 is 18.0 Å². The van der Waals surface area contributed by atoms with Crippen LogP contribution < -0.4 is 31.0 Å². The van der Waals surface area contributed by atoms with E-state index in [4.69, 9.17) is 10.5 Å². The van der Waals surface area contributed by atoms with Crippen LogP contribution in [0.1, 0.15) is 5.56 Å². The fourth-order valence-corrected chi connectivity index (χ4v) is 2.97. The van der Waals surface area contributed by atoms with Gasteiger partial charge < -0.3 is 20.5 Å². The lowest BCUT2D eigenvalue weighted by atomic mass is 10.1. The number of carbonyl (C=O) groups excluding carboxylic acids is 1. The van der Waals surface area contributed by atoms with E-state index in [1.807, 2.05) is 24.3 Å². The molecule has 0 radical (unpaired) electrons. The number of halogens is 3. The Morgan fingerprint density at radius 1 is 1.27 bits per heavy atom. The molecule has 30 heavy (non-hydrogen) atoms. The largest absolute Gasteiger partial charge is 0.573 e. The molecule has 1 amide bonds. The summed E-state index contributed by atoms with van der Waals surface area (Å²) in [5.74, 6) is -0.434. The highest BCUT2D eigenvalue weighted by Crippen LogP contribution is 2.32. The predicted octanol–water partition coefficient (Wildman–Crippen LogP) is 2.21. The normalized spacial score (nSPS) is 14.4. The zero-order chi connectivity index (χ0) is 21.7. The van der Waals surface area contributed by atoms with Gasteiger partial charge in [0, 0.05) is 12.1 Å². The van der Waals surface area contributed by atoms with Crippen LogP contribution in [0.15, 0.2) is 60.3 Å². The quantitative estimate of drug-likeness (QED) is 0.784. The molecule has 3 N–H and O–H groups in total. The third-order valence-corrected chi connectivity index (χ3v) is 4.32. The van der Waals surface area contributed by atoms with Crippen molar-refractivity contribution in [3.8, 4) is 11.5 Å². The fourth-order valence-electron chi connectivity index (χ4n) is 2.97. The summed E-state index contributed by atoms with van der Waals surface area (Å²) in [6.07, 6.45) is -0.284. The van der Waals surface area contributed by atoms with Crippen molar-refractivity contribution < 1.29 is 27.4 Å². The van der Waals surface area contributed by atoms with E-state index in [2.05, 4.69) is 16.6 Å². The Hall–Kier alpha value is -3.68. The Bertz CT molecular complexity index is 1120. The lowest BCUT2D eigenvalue weighted by Crippen LogP contribution is -2.33. The summed E-state index contributed by atoms with van der Waals surface area (Å²) >= 11 is 0. The minimum Gasteiger partial charge on any atom is -0.488 e. The van der Waals surface area contributed by atoms with E-state index in [0.29, 0.717) is 11.3 Å². The Labute approximate surface area is 170 Å². The van der Waals surface area contributed by atoms with Gasteiger partial charge in [-0.1, -0.05) is 30.8 Å². The van der Waals surface area contributed by atoms with E-state index in [1.165, 1.54) is 24.4 Å². The van der Waals surface area contributed by atoms with Crippen LogP contribution in [0.5, 0.6) is 11.5 Å². The number of hydrogen-bond acceptors (Lipinski definition) is 4. The average molecular weight is 416 g/mol. The molecule has 1 aliphatic rings. The Morgan fingerprint density at radius 2 is 2.03 bits per heavy atom. The number of hydrogen-bond donors (Lipinski definition) is 2. The summed E-state index contributed by atoms with van der Waals surface area (Å²) in [5.41, 5.74) is 6.87. The number of nitrogens with two attached hydrogens (primary N) is 1. The molecule has 1 heterocycles. The van der Waals surface area contributed by atoms with Crippen molar-refractivity contribution >= 4 is 24.1 Å². The van der Waals surface area contributed by atoms with Crippen LogP contribution in [-0.4, -0.2) is 25.4 Å². The molecule has 2 aromatic rings. The van der Waals surface area contributed by atoms with Gasteiger partial charge in [-0.25, -0.2) is 0 Å². The van der Waals surface area contributed by atoms with Crippen molar-refractivity contribution in [3.05, 3.63) is 76.3 Å². The Kier molecular flexibility index (Phi) is 6.15. The number of carbonyl (C=O) groups is 1.